The monoisotopic (exact) mass is 213 g/mol. The third kappa shape index (κ3) is 4.03. The maximum absolute atomic E-state index is 5.64. The van der Waals surface area contributed by atoms with Gasteiger partial charge in [0.1, 0.15) is 0 Å². The number of hydrogen-bond donors (Lipinski definition) is 0. The van der Waals surface area contributed by atoms with E-state index in [1.54, 1.807) is 6.07 Å². The SMILES string of the molecule is CCCCN(C)Cc1ccc(Cl)nn1. The van der Waals surface area contributed by atoms with E-state index in [2.05, 4.69) is 29.1 Å². The summed E-state index contributed by atoms with van der Waals surface area (Å²) in [4.78, 5) is 2.24. The number of unbranched alkanes of at least 4 members (excludes halogenated alkanes) is 1. The third-order valence-electron chi connectivity index (χ3n) is 2.01. The first kappa shape index (κ1) is 11.4. The van der Waals surface area contributed by atoms with Gasteiger partial charge in [0.2, 0.25) is 0 Å². The maximum atomic E-state index is 5.64. The second-order valence-electron chi connectivity index (χ2n) is 3.44. The summed E-state index contributed by atoms with van der Waals surface area (Å²) in [5.41, 5.74) is 0.966. The lowest BCUT2D eigenvalue weighted by Crippen LogP contribution is -2.19. The molecule has 0 saturated heterocycles. The lowest BCUT2D eigenvalue weighted by atomic mass is 10.3. The lowest BCUT2D eigenvalue weighted by Gasteiger charge is -2.14. The van der Waals surface area contributed by atoms with Crippen molar-refractivity contribution >= 4 is 11.6 Å². The zero-order valence-electron chi connectivity index (χ0n) is 8.70. The Morgan fingerprint density at radius 2 is 2.14 bits per heavy atom. The van der Waals surface area contributed by atoms with Gasteiger partial charge in [-0.05, 0) is 32.1 Å². The second kappa shape index (κ2) is 5.94. The van der Waals surface area contributed by atoms with E-state index in [0.29, 0.717) is 5.15 Å². The van der Waals surface area contributed by atoms with Crippen LogP contribution in [0.25, 0.3) is 0 Å². The molecule has 0 unspecified atom stereocenters. The molecule has 78 valence electrons. The van der Waals surface area contributed by atoms with E-state index >= 15 is 0 Å². The minimum Gasteiger partial charge on any atom is -0.300 e. The van der Waals surface area contributed by atoms with Crippen molar-refractivity contribution in [3.05, 3.63) is 23.0 Å². The van der Waals surface area contributed by atoms with Crippen LogP contribution in [0.2, 0.25) is 5.15 Å². The van der Waals surface area contributed by atoms with Gasteiger partial charge in [-0.3, -0.25) is 0 Å². The van der Waals surface area contributed by atoms with Crippen molar-refractivity contribution in [1.29, 1.82) is 0 Å². The molecule has 0 spiro atoms. The molecule has 1 aromatic rings. The van der Waals surface area contributed by atoms with Gasteiger partial charge in [-0.1, -0.05) is 24.9 Å². The highest BCUT2D eigenvalue weighted by molar-refractivity contribution is 6.29. The van der Waals surface area contributed by atoms with Crippen LogP contribution in [0.4, 0.5) is 0 Å². The maximum Gasteiger partial charge on any atom is 0.151 e. The molecule has 1 heterocycles. The van der Waals surface area contributed by atoms with E-state index in [4.69, 9.17) is 11.6 Å². The van der Waals surface area contributed by atoms with Crippen molar-refractivity contribution in [2.45, 2.75) is 26.3 Å². The summed E-state index contributed by atoms with van der Waals surface area (Å²) >= 11 is 5.64. The zero-order valence-corrected chi connectivity index (χ0v) is 9.46. The zero-order chi connectivity index (χ0) is 10.4. The molecule has 0 N–H and O–H groups in total. The summed E-state index contributed by atoms with van der Waals surface area (Å²) in [6.45, 7) is 4.13. The molecule has 14 heavy (non-hydrogen) atoms. The fourth-order valence-corrected chi connectivity index (χ4v) is 1.31. The van der Waals surface area contributed by atoms with E-state index < -0.39 is 0 Å². The third-order valence-corrected chi connectivity index (χ3v) is 2.21. The van der Waals surface area contributed by atoms with Crippen molar-refractivity contribution in [3.8, 4) is 0 Å². The van der Waals surface area contributed by atoms with Gasteiger partial charge >= 0.3 is 0 Å². The summed E-state index contributed by atoms with van der Waals surface area (Å²) in [5.74, 6) is 0. The molecule has 3 nitrogen and oxygen atoms in total. The molecule has 1 rings (SSSR count). The normalized spacial score (nSPS) is 10.9. The van der Waals surface area contributed by atoms with Gasteiger partial charge in [-0.15, -0.1) is 5.10 Å². The van der Waals surface area contributed by atoms with Crippen LogP contribution in [-0.4, -0.2) is 28.7 Å². The lowest BCUT2D eigenvalue weighted by molar-refractivity contribution is 0.316. The Kier molecular flexibility index (Phi) is 4.84. The smallest absolute Gasteiger partial charge is 0.151 e. The number of halogens is 1. The highest BCUT2D eigenvalue weighted by Gasteiger charge is 2.01. The van der Waals surface area contributed by atoms with E-state index in [1.807, 2.05) is 6.07 Å². The topological polar surface area (TPSA) is 29.0 Å². The van der Waals surface area contributed by atoms with Gasteiger partial charge in [-0.2, -0.15) is 5.10 Å². The summed E-state index contributed by atoms with van der Waals surface area (Å²) in [6.07, 6.45) is 2.44. The molecular weight excluding hydrogens is 198 g/mol. The fourth-order valence-electron chi connectivity index (χ4n) is 1.21. The first-order valence-corrected chi connectivity index (χ1v) is 5.27. The molecule has 0 amide bonds. The summed E-state index contributed by atoms with van der Waals surface area (Å²) in [5, 5.41) is 8.25. The fraction of sp³-hybridized carbons (Fsp3) is 0.600. The van der Waals surface area contributed by atoms with Crippen molar-refractivity contribution in [2.24, 2.45) is 0 Å². The van der Waals surface area contributed by atoms with E-state index in [9.17, 15) is 0 Å². The highest BCUT2D eigenvalue weighted by atomic mass is 35.5. The Morgan fingerprint density at radius 3 is 2.71 bits per heavy atom. The van der Waals surface area contributed by atoms with Crippen LogP contribution in [0.5, 0.6) is 0 Å². The Labute approximate surface area is 90.1 Å². The van der Waals surface area contributed by atoms with Gasteiger partial charge in [0.05, 0.1) is 5.69 Å². The van der Waals surface area contributed by atoms with E-state index in [-0.39, 0.29) is 0 Å². The van der Waals surface area contributed by atoms with Crippen LogP contribution in [0.3, 0.4) is 0 Å². The predicted octanol–water partition coefficient (Wildman–Crippen LogP) is 2.36. The Morgan fingerprint density at radius 1 is 1.36 bits per heavy atom. The molecular formula is C10H16ClN3. The summed E-state index contributed by atoms with van der Waals surface area (Å²) < 4.78 is 0. The van der Waals surface area contributed by atoms with Crippen LogP contribution < -0.4 is 0 Å². The van der Waals surface area contributed by atoms with Crippen LogP contribution in [0, 0.1) is 0 Å². The summed E-state index contributed by atoms with van der Waals surface area (Å²) in [6, 6.07) is 3.69. The molecule has 4 heteroatoms. The molecule has 0 radical (unpaired) electrons. The Hall–Kier alpha value is -0.670. The average Bonchev–Trinajstić information content (AvgIpc) is 2.18. The van der Waals surface area contributed by atoms with Gasteiger partial charge in [-0.25, -0.2) is 0 Å². The molecule has 0 fully saturated rings. The van der Waals surface area contributed by atoms with Crippen LogP contribution in [0.1, 0.15) is 25.5 Å². The molecule has 0 aromatic carbocycles. The quantitative estimate of drug-likeness (QED) is 0.752. The van der Waals surface area contributed by atoms with E-state index in [1.165, 1.54) is 12.8 Å². The van der Waals surface area contributed by atoms with Crippen LogP contribution in [-0.2, 0) is 6.54 Å². The molecule has 0 aliphatic carbocycles. The Balaban J connectivity index is 2.39. The molecule has 0 saturated carbocycles. The van der Waals surface area contributed by atoms with Gasteiger partial charge in [0.15, 0.2) is 5.15 Å². The van der Waals surface area contributed by atoms with Crippen molar-refractivity contribution in [1.82, 2.24) is 15.1 Å². The van der Waals surface area contributed by atoms with Crippen molar-refractivity contribution < 1.29 is 0 Å². The first-order valence-electron chi connectivity index (χ1n) is 4.89. The summed E-state index contributed by atoms with van der Waals surface area (Å²) in [7, 11) is 2.09. The van der Waals surface area contributed by atoms with Crippen LogP contribution in [0.15, 0.2) is 12.1 Å². The standard InChI is InChI=1S/C10H16ClN3/c1-3-4-7-14(2)8-9-5-6-10(11)13-12-9/h5-6H,3-4,7-8H2,1-2H3. The highest BCUT2D eigenvalue weighted by Crippen LogP contribution is 2.04. The predicted molar refractivity (Wildman–Crippen MR) is 58.3 cm³/mol. The number of aromatic nitrogens is 2. The second-order valence-corrected chi connectivity index (χ2v) is 3.83. The number of rotatable bonds is 5. The average molecular weight is 214 g/mol. The molecule has 0 aliphatic heterocycles. The largest absolute Gasteiger partial charge is 0.300 e. The minimum atomic E-state index is 0.449. The Bertz CT molecular complexity index is 261. The first-order chi connectivity index (χ1) is 6.72. The number of nitrogens with zero attached hydrogens (tertiary/aromatic N) is 3. The van der Waals surface area contributed by atoms with E-state index in [0.717, 1.165) is 18.8 Å². The molecule has 1 aromatic heterocycles. The number of hydrogen-bond acceptors (Lipinski definition) is 3. The van der Waals surface area contributed by atoms with Gasteiger partial charge in [0, 0.05) is 6.54 Å². The van der Waals surface area contributed by atoms with Gasteiger partial charge in [0.25, 0.3) is 0 Å². The van der Waals surface area contributed by atoms with Crippen LogP contribution >= 0.6 is 11.6 Å². The molecule has 0 bridgehead atoms. The molecule has 0 aliphatic rings. The van der Waals surface area contributed by atoms with Crippen molar-refractivity contribution in [2.75, 3.05) is 13.6 Å². The minimum absolute atomic E-state index is 0.449. The van der Waals surface area contributed by atoms with Gasteiger partial charge < -0.3 is 4.90 Å². The molecule has 0 atom stereocenters. The van der Waals surface area contributed by atoms with Crippen molar-refractivity contribution in [3.63, 3.8) is 0 Å².